The van der Waals surface area contributed by atoms with E-state index in [1.54, 1.807) is 19.1 Å². The lowest BCUT2D eigenvalue weighted by Crippen LogP contribution is -2.07. The number of halogens is 1. The Labute approximate surface area is 121 Å². The number of carbonyl (C=O) groups excluding carboxylic acids is 2. The van der Waals surface area contributed by atoms with E-state index < -0.39 is 0 Å². The maximum absolute atomic E-state index is 11.8. The van der Waals surface area contributed by atoms with E-state index in [9.17, 15) is 9.59 Å². The molecule has 102 valence electrons. The molecule has 1 rings (SSSR count). The zero-order chi connectivity index (χ0) is 14.1. The molecule has 19 heavy (non-hydrogen) atoms. The normalized spacial score (nSPS) is 10.6. The summed E-state index contributed by atoms with van der Waals surface area (Å²) < 4.78 is 4.79. The molecule has 0 N–H and O–H groups in total. The molecule has 0 aliphatic heterocycles. The smallest absolute Gasteiger partial charge is 0.306 e. The van der Waals surface area contributed by atoms with Gasteiger partial charge in [-0.25, -0.2) is 0 Å². The van der Waals surface area contributed by atoms with Crippen molar-refractivity contribution in [1.82, 2.24) is 0 Å². The molecule has 0 saturated carbocycles. The van der Waals surface area contributed by atoms with Gasteiger partial charge in [0.15, 0.2) is 5.78 Å². The molecule has 0 atom stereocenters. The van der Waals surface area contributed by atoms with E-state index in [4.69, 9.17) is 4.74 Å². The van der Waals surface area contributed by atoms with Gasteiger partial charge in [-0.2, -0.15) is 0 Å². The van der Waals surface area contributed by atoms with E-state index in [-0.39, 0.29) is 24.6 Å². The first-order chi connectivity index (χ1) is 9.17. The van der Waals surface area contributed by atoms with E-state index in [0.717, 1.165) is 10.9 Å². The monoisotopic (exact) mass is 324 g/mol. The van der Waals surface area contributed by atoms with E-state index in [2.05, 4.69) is 15.9 Å². The minimum Gasteiger partial charge on any atom is -0.466 e. The Balaban J connectivity index is 2.53. The zero-order valence-electron chi connectivity index (χ0n) is 10.9. The molecule has 3 nitrogen and oxygen atoms in total. The highest BCUT2D eigenvalue weighted by Gasteiger charge is 2.09. The van der Waals surface area contributed by atoms with Crippen molar-refractivity contribution in [2.75, 3.05) is 11.9 Å². The topological polar surface area (TPSA) is 43.4 Å². The first-order valence-electron chi connectivity index (χ1n) is 6.18. The van der Waals surface area contributed by atoms with E-state index in [1.807, 2.05) is 24.3 Å². The number of esters is 1. The van der Waals surface area contributed by atoms with Gasteiger partial charge in [-0.05, 0) is 12.5 Å². The number of hydrogen-bond donors (Lipinski definition) is 0. The molecule has 0 unspecified atom stereocenters. The van der Waals surface area contributed by atoms with Crippen LogP contribution in [0.25, 0.3) is 6.08 Å². The highest BCUT2D eigenvalue weighted by molar-refractivity contribution is 9.09. The van der Waals surface area contributed by atoms with Crippen molar-refractivity contribution in [3.8, 4) is 0 Å². The fraction of sp³-hybridized carbons (Fsp3) is 0.333. The second-order valence-electron chi connectivity index (χ2n) is 3.91. The van der Waals surface area contributed by atoms with Crippen LogP contribution in [-0.4, -0.2) is 23.7 Å². The molecule has 0 bridgehead atoms. The van der Waals surface area contributed by atoms with Gasteiger partial charge in [0.25, 0.3) is 0 Å². The average molecular weight is 325 g/mol. The largest absolute Gasteiger partial charge is 0.466 e. The van der Waals surface area contributed by atoms with Crippen molar-refractivity contribution in [2.24, 2.45) is 0 Å². The number of benzene rings is 1. The van der Waals surface area contributed by atoms with Crippen molar-refractivity contribution < 1.29 is 14.3 Å². The molecule has 0 amide bonds. The van der Waals surface area contributed by atoms with Gasteiger partial charge in [0.1, 0.15) is 0 Å². The number of carbonyl (C=O) groups is 2. The summed E-state index contributed by atoms with van der Waals surface area (Å²) in [7, 11) is 0. The van der Waals surface area contributed by atoms with Crippen LogP contribution in [0.3, 0.4) is 0 Å². The molecule has 0 saturated heterocycles. The van der Waals surface area contributed by atoms with E-state index in [1.165, 1.54) is 0 Å². The lowest BCUT2D eigenvalue weighted by atomic mass is 10.0. The Hall–Kier alpha value is -1.42. The van der Waals surface area contributed by atoms with Crippen LogP contribution in [0.2, 0.25) is 0 Å². The first-order valence-corrected chi connectivity index (χ1v) is 7.31. The molecule has 0 radical (unpaired) electrons. The summed E-state index contributed by atoms with van der Waals surface area (Å²) in [5.41, 5.74) is 1.67. The second-order valence-corrected chi connectivity index (χ2v) is 4.55. The predicted molar refractivity (Wildman–Crippen MR) is 79.5 cm³/mol. The summed E-state index contributed by atoms with van der Waals surface area (Å²) in [5.74, 6) is -0.364. The van der Waals surface area contributed by atoms with Gasteiger partial charge in [0, 0.05) is 17.3 Å². The van der Waals surface area contributed by atoms with Crippen LogP contribution >= 0.6 is 15.9 Å². The fourth-order valence-corrected chi connectivity index (χ4v) is 1.74. The van der Waals surface area contributed by atoms with E-state index in [0.29, 0.717) is 12.2 Å². The molecule has 1 aromatic carbocycles. The number of ether oxygens (including phenoxy) is 1. The van der Waals surface area contributed by atoms with Crippen LogP contribution in [0.1, 0.15) is 35.7 Å². The standard InChI is InChI=1S/C15H17BrO3/c1-2-19-15(18)10-9-14(17)13-7-5-12(6-8-13)4-3-11-16/h3-8H,2,9-11H2,1H3. The molecule has 0 aliphatic rings. The first kappa shape index (κ1) is 15.6. The van der Waals surface area contributed by atoms with Gasteiger partial charge in [-0.1, -0.05) is 52.3 Å². The van der Waals surface area contributed by atoms with Gasteiger partial charge >= 0.3 is 5.97 Å². The SMILES string of the molecule is CCOC(=O)CCC(=O)c1ccc(C=CCBr)cc1. The van der Waals surface area contributed by atoms with Crippen molar-refractivity contribution >= 4 is 33.8 Å². The lowest BCUT2D eigenvalue weighted by Gasteiger charge is -2.02. The van der Waals surface area contributed by atoms with Crippen molar-refractivity contribution in [1.29, 1.82) is 0 Å². The zero-order valence-corrected chi connectivity index (χ0v) is 12.5. The Kier molecular flexibility index (Phi) is 7.11. The Morgan fingerprint density at radius 2 is 1.89 bits per heavy atom. The van der Waals surface area contributed by atoms with Gasteiger partial charge < -0.3 is 4.74 Å². The predicted octanol–water partition coefficient (Wildman–Crippen LogP) is 3.62. The summed E-state index contributed by atoms with van der Waals surface area (Å²) in [5, 5.41) is 0.799. The third-order valence-corrected chi connectivity index (χ3v) is 2.87. The molecule has 0 heterocycles. The molecule has 1 aromatic rings. The summed E-state index contributed by atoms with van der Waals surface area (Å²) in [6.45, 7) is 2.10. The van der Waals surface area contributed by atoms with Gasteiger partial charge in [0.05, 0.1) is 13.0 Å². The van der Waals surface area contributed by atoms with Gasteiger partial charge in [-0.15, -0.1) is 0 Å². The van der Waals surface area contributed by atoms with Crippen LogP contribution in [-0.2, 0) is 9.53 Å². The van der Waals surface area contributed by atoms with E-state index >= 15 is 0 Å². The molecule has 0 aromatic heterocycles. The summed E-state index contributed by atoms with van der Waals surface area (Å²) >= 11 is 3.31. The Morgan fingerprint density at radius 3 is 2.47 bits per heavy atom. The van der Waals surface area contributed by atoms with Crippen molar-refractivity contribution in [2.45, 2.75) is 19.8 Å². The number of alkyl halides is 1. The Bertz CT molecular complexity index is 449. The molecular formula is C15H17BrO3. The van der Waals surface area contributed by atoms with Crippen LogP contribution in [0.4, 0.5) is 0 Å². The number of Topliss-reactive ketones (excluding diaryl/α,β-unsaturated/α-hetero) is 1. The summed E-state index contributed by atoms with van der Waals surface area (Å²) in [6, 6.07) is 7.33. The summed E-state index contributed by atoms with van der Waals surface area (Å²) in [4.78, 5) is 23.0. The third-order valence-electron chi connectivity index (χ3n) is 2.49. The molecule has 0 aliphatic carbocycles. The van der Waals surface area contributed by atoms with Crippen LogP contribution in [0, 0.1) is 0 Å². The number of allylic oxidation sites excluding steroid dienone is 1. The maximum Gasteiger partial charge on any atom is 0.306 e. The quantitative estimate of drug-likeness (QED) is 0.437. The number of rotatable bonds is 7. The Morgan fingerprint density at radius 1 is 1.21 bits per heavy atom. The molecular weight excluding hydrogens is 308 g/mol. The molecule has 0 fully saturated rings. The molecule has 4 heteroatoms. The third kappa shape index (κ3) is 5.83. The number of hydrogen-bond acceptors (Lipinski definition) is 3. The van der Waals surface area contributed by atoms with Crippen molar-refractivity contribution in [3.63, 3.8) is 0 Å². The maximum atomic E-state index is 11.8. The minimum atomic E-state index is -0.326. The highest BCUT2D eigenvalue weighted by Crippen LogP contribution is 2.10. The van der Waals surface area contributed by atoms with Gasteiger partial charge in [-0.3, -0.25) is 9.59 Å². The minimum absolute atomic E-state index is 0.0379. The fourth-order valence-electron chi connectivity index (χ4n) is 1.55. The molecule has 0 spiro atoms. The van der Waals surface area contributed by atoms with Crippen LogP contribution < -0.4 is 0 Å². The highest BCUT2D eigenvalue weighted by atomic mass is 79.9. The van der Waals surface area contributed by atoms with Gasteiger partial charge in [0.2, 0.25) is 0 Å². The summed E-state index contributed by atoms with van der Waals surface area (Å²) in [6.07, 6.45) is 4.28. The lowest BCUT2D eigenvalue weighted by molar-refractivity contribution is -0.143. The second kappa shape index (κ2) is 8.64. The van der Waals surface area contributed by atoms with Crippen LogP contribution in [0.15, 0.2) is 30.3 Å². The van der Waals surface area contributed by atoms with Crippen LogP contribution in [0.5, 0.6) is 0 Å². The average Bonchev–Trinajstić information content (AvgIpc) is 2.43. The number of ketones is 1. The van der Waals surface area contributed by atoms with Crippen molar-refractivity contribution in [3.05, 3.63) is 41.5 Å².